The lowest BCUT2D eigenvalue weighted by Crippen LogP contribution is -2.51. The zero-order chi connectivity index (χ0) is 24.1. The van der Waals surface area contributed by atoms with Crippen LogP contribution in [0.5, 0.6) is 0 Å². The molecule has 0 heterocycles. The molecule has 0 saturated carbocycles. The van der Waals surface area contributed by atoms with Gasteiger partial charge in [0, 0.05) is 17.6 Å². The Hall–Kier alpha value is -2.39. The monoisotopic (exact) mass is 523 g/mol. The highest BCUT2D eigenvalue weighted by molar-refractivity contribution is 9.10. The van der Waals surface area contributed by atoms with Crippen LogP contribution in [-0.2, 0) is 26.2 Å². The Bertz CT molecular complexity index is 1090. The first kappa shape index (κ1) is 25.9. The van der Waals surface area contributed by atoms with Crippen molar-refractivity contribution in [3.63, 3.8) is 0 Å². The summed E-state index contributed by atoms with van der Waals surface area (Å²) in [5.41, 5.74) is 2.90. The second-order valence-corrected chi connectivity index (χ2v) is 10.6. The lowest BCUT2D eigenvalue weighted by Gasteiger charge is -2.32. The van der Waals surface area contributed by atoms with Gasteiger partial charge in [-0.3, -0.25) is 13.9 Å². The second-order valence-electron chi connectivity index (χ2n) is 7.78. The summed E-state index contributed by atoms with van der Waals surface area (Å²) in [6, 6.07) is 12.1. The summed E-state index contributed by atoms with van der Waals surface area (Å²) in [5.74, 6) is -0.761. The molecule has 174 valence electrons. The molecule has 7 nitrogen and oxygen atoms in total. The Kier molecular flexibility index (Phi) is 8.86. The van der Waals surface area contributed by atoms with Crippen LogP contribution >= 0.6 is 15.9 Å². The van der Waals surface area contributed by atoms with Crippen molar-refractivity contribution in [1.29, 1.82) is 0 Å². The fourth-order valence-electron chi connectivity index (χ4n) is 3.32. The molecule has 0 radical (unpaired) electrons. The number of hydrogen-bond donors (Lipinski definition) is 1. The van der Waals surface area contributed by atoms with Gasteiger partial charge >= 0.3 is 0 Å². The van der Waals surface area contributed by atoms with Crippen LogP contribution in [0.3, 0.4) is 0 Å². The SMILES string of the molecule is CCNC(=O)C(C)N(Cc1cccc(Br)c1)C(=O)CN(c1cc(C)ccc1C)S(C)(=O)=O. The smallest absolute Gasteiger partial charge is 0.244 e. The fourth-order valence-corrected chi connectivity index (χ4v) is 4.67. The molecule has 0 saturated heterocycles. The predicted molar refractivity (Wildman–Crippen MR) is 131 cm³/mol. The van der Waals surface area contributed by atoms with Crippen molar-refractivity contribution in [2.24, 2.45) is 0 Å². The number of nitrogens with one attached hydrogen (secondary N) is 1. The number of amides is 2. The zero-order valence-electron chi connectivity index (χ0n) is 19.1. The van der Waals surface area contributed by atoms with Crippen molar-refractivity contribution in [2.75, 3.05) is 23.7 Å². The number of sulfonamides is 1. The topological polar surface area (TPSA) is 86.8 Å². The number of aryl methyl sites for hydroxylation is 2. The van der Waals surface area contributed by atoms with E-state index in [1.54, 1.807) is 26.8 Å². The van der Waals surface area contributed by atoms with Gasteiger partial charge in [-0.25, -0.2) is 8.42 Å². The van der Waals surface area contributed by atoms with Crippen molar-refractivity contribution in [2.45, 2.75) is 40.3 Å². The minimum absolute atomic E-state index is 0.168. The summed E-state index contributed by atoms with van der Waals surface area (Å²) in [7, 11) is -3.74. The largest absolute Gasteiger partial charge is 0.355 e. The highest BCUT2D eigenvalue weighted by atomic mass is 79.9. The Morgan fingerprint density at radius 1 is 1.12 bits per heavy atom. The zero-order valence-corrected chi connectivity index (χ0v) is 21.5. The first-order chi connectivity index (χ1) is 14.9. The van der Waals surface area contributed by atoms with Crippen molar-refractivity contribution >= 4 is 43.5 Å². The molecule has 0 spiro atoms. The molecule has 9 heteroatoms. The van der Waals surface area contributed by atoms with E-state index in [4.69, 9.17) is 0 Å². The quantitative estimate of drug-likeness (QED) is 0.545. The lowest BCUT2D eigenvalue weighted by atomic mass is 10.1. The van der Waals surface area contributed by atoms with Gasteiger partial charge in [-0.2, -0.15) is 0 Å². The third-order valence-electron chi connectivity index (χ3n) is 5.07. The summed E-state index contributed by atoms with van der Waals surface area (Å²) in [6.07, 6.45) is 1.08. The number of hydrogen-bond acceptors (Lipinski definition) is 4. The predicted octanol–water partition coefficient (Wildman–Crippen LogP) is 3.39. The number of anilines is 1. The number of carbonyl (C=O) groups is 2. The molecule has 1 N–H and O–H groups in total. The summed E-state index contributed by atoms with van der Waals surface area (Å²) < 4.78 is 27.2. The van der Waals surface area contributed by atoms with E-state index in [0.29, 0.717) is 12.2 Å². The van der Waals surface area contributed by atoms with Gasteiger partial charge in [0.2, 0.25) is 21.8 Å². The van der Waals surface area contributed by atoms with Crippen LogP contribution in [0.15, 0.2) is 46.9 Å². The second kappa shape index (κ2) is 11.0. The number of halogens is 1. The first-order valence-electron chi connectivity index (χ1n) is 10.3. The minimum atomic E-state index is -3.74. The molecule has 0 fully saturated rings. The van der Waals surface area contributed by atoms with Crippen LogP contribution in [0.4, 0.5) is 5.69 Å². The average Bonchev–Trinajstić information content (AvgIpc) is 2.71. The van der Waals surface area contributed by atoms with E-state index in [2.05, 4.69) is 21.2 Å². The van der Waals surface area contributed by atoms with Crippen LogP contribution < -0.4 is 9.62 Å². The molecule has 0 aliphatic rings. The van der Waals surface area contributed by atoms with Crippen molar-refractivity contribution in [3.8, 4) is 0 Å². The Balaban J connectivity index is 2.43. The number of carbonyl (C=O) groups excluding carboxylic acids is 2. The van der Waals surface area contributed by atoms with Gasteiger partial charge in [0.15, 0.2) is 0 Å². The standard InChI is InChI=1S/C23H30BrN3O4S/c1-6-25-23(29)18(4)26(14-19-8-7-9-20(24)13-19)22(28)15-27(32(5,30)31)21-12-16(2)10-11-17(21)3/h7-13,18H,6,14-15H2,1-5H3,(H,25,29). The Morgan fingerprint density at radius 3 is 2.41 bits per heavy atom. The van der Waals surface area contributed by atoms with Gasteiger partial charge in [-0.05, 0) is 62.6 Å². The molecule has 0 aromatic heterocycles. The summed E-state index contributed by atoms with van der Waals surface area (Å²) >= 11 is 3.42. The third kappa shape index (κ3) is 6.80. The summed E-state index contributed by atoms with van der Waals surface area (Å²) in [6.45, 7) is 7.30. The number of likely N-dealkylation sites (N-methyl/N-ethyl adjacent to an activating group) is 1. The summed E-state index contributed by atoms with van der Waals surface area (Å²) in [4.78, 5) is 27.4. The number of nitrogens with zero attached hydrogens (tertiary/aromatic N) is 2. The first-order valence-corrected chi connectivity index (χ1v) is 12.9. The van der Waals surface area contributed by atoms with E-state index < -0.39 is 28.5 Å². The van der Waals surface area contributed by atoms with Gasteiger partial charge in [-0.1, -0.05) is 40.2 Å². The van der Waals surface area contributed by atoms with Crippen molar-refractivity contribution in [3.05, 3.63) is 63.6 Å². The van der Waals surface area contributed by atoms with E-state index in [-0.39, 0.29) is 12.5 Å². The molecular weight excluding hydrogens is 494 g/mol. The fraction of sp³-hybridized carbons (Fsp3) is 0.391. The average molecular weight is 524 g/mol. The van der Waals surface area contributed by atoms with Crippen molar-refractivity contribution in [1.82, 2.24) is 10.2 Å². The van der Waals surface area contributed by atoms with Crippen LogP contribution in [0, 0.1) is 13.8 Å². The van der Waals surface area contributed by atoms with E-state index >= 15 is 0 Å². The van der Waals surface area contributed by atoms with Gasteiger partial charge in [0.05, 0.1) is 11.9 Å². The normalized spacial score (nSPS) is 12.2. The van der Waals surface area contributed by atoms with Gasteiger partial charge in [0.1, 0.15) is 12.6 Å². The molecular formula is C23H30BrN3O4S. The van der Waals surface area contributed by atoms with Crippen LogP contribution in [0.2, 0.25) is 0 Å². The van der Waals surface area contributed by atoms with E-state index in [9.17, 15) is 18.0 Å². The Labute approximate surface area is 199 Å². The molecule has 2 aromatic rings. The molecule has 1 unspecified atom stereocenters. The highest BCUT2D eigenvalue weighted by Crippen LogP contribution is 2.24. The maximum Gasteiger partial charge on any atom is 0.244 e. The van der Waals surface area contributed by atoms with Crippen LogP contribution in [0.1, 0.15) is 30.5 Å². The molecule has 32 heavy (non-hydrogen) atoms. The molecule has 0 aliphatic carbocycles. The summed E-state index contributed by atoms with van der Waals surface area (Å²) in [5, 5.41) is 2.74. The molecule has 0 bridgehead atoms. The van der Waals surface area contributed by atoms with Gasteiger partial charge in [0.25, 0.3) is 0 Å². The lowest BCUT2D eigenvalue weighted by molar-refractivity contribution is -0.139. The highest BCUT2D eigenvalue weighted by Gasteiger charge is 2.30. The minimum Gasteiger partial charge on any atom is -0.355 e. The maximum atomic E-state index is 13.4. The number of rotatable bonds is 9. The molecule has 2 amide bonds. The maximum absolute atomic E-state index is 13.4. The molecule has 2 aromatic carbocycles. The van der Waals surface area contributed by atoms with Crippen molar-refractivity contribution < 1.29 is 18.0 Å². The van der Waals surface area contributed by atoms with E-state index in [0.717, 1.165) is 31.7 Å². The third-order valence-corrected chi connectivity index (χ3v) is 6.69. The Morgan fingerprint density at radius 2 is 1.81 bits per heavy atom. The molecule has 1 atom stereocenters. The van der Waals surface area contributed by atoms with Gasteiger partial charge in [-0.15, -0.1) is 0 Å². The van der Waals surface area contributed by atoms with Gasteiger partial charge < -0.3 is 10.2 Å². The molecule has 2 rings (SSSR count). The van der Waals surface area contributed by atoms with E-state index in [1.807, 2.05) is 43.3 Å². The van der Waals surface area contributed by atoms with Crippen LogP contribution in [0.25, 0.3) is 0 Å². The van der Waals surface area contributed by atoms with E-state index in [1.165, 1.54) is 4.90 Å². The molecule has 0 aliphatic heterocycles. The number of benzene rings is 2. The van der Waals surface area contributed by atoms with Crippen LogP contribution in [-0.4, -0.2) is 50.5 Å².